The first-order valence-electron chi connectivity index (χ1n) is 5.76. The third-order valence-electron chi connectivity index (χ3n) is 2.91. The molecule has 0 radical (unpaired) electrons. The Bertz CT molecular complexity index is 534. The molecule has 0 aliphatic rings. The number of aromatic nitrogens is 1. The number of hydrogen-bond acceptors (Lipinski definition) is 2. The summed E-state index contributed by atoms with van der Waals surface area (Å²) in [7, 11) is 0. The Kier molecular flexibility index (Phi) is 3.25. The molecular weight excluding hydrogens is 210 g/mol. The zero-order chi connectivity index (χ0) is 12.4. The minimum Gasteiger partial charge on any atom is -0.382 e. The fourth-order valence-electron chi connectivity index (χ4n) is 2.01. The summed E-state index contributed by atoms with van der Waals surface area (Å²) >= 11 is 0. The summed E-state index contributed by atoms with van der Waals surface area (Å²) in [6.45, 7) is 5.99. The van der Waals surface area contributed by atoms with E-state index in [1.165, 1.54) is 5.56 Å². The third-order valence-corrected chi connectivity index (χ3v) is 2.91. The molecular formula is C15H17NO. The van der Waals surface area contributed by atoms with Gasteiger partial charge in [-0.3, -0.25) is 4.98 Å². The van der Waals surface area contributed by atoms with Crippen LogP contribution in [0.1, 0.15) is 34.2 Å². The van der Waals surface area contributed by atoms with Crippen LogP contribution in [0.2, 0.25) is 0 Å². The molecule has 0 fully saturated rings. The van der Waals surface area contributed by atoms with Crippen molar-refractivity contribution in [1.29, 1.82) is 0 Å². The standard InChI is InChI=1S/C15H17NO/c1-10-7-8-13(11(2)9-10)15(17)14-6-4-5-12(3)16-14/h4-9,15,17H,1-3H3. The summed E-state index contributed by atoms with van der Waals surface area (Å²) < 4.78 is 0. The van der Waals surface area contributed by atoms with E-state index in [1.807, 2.05) is 51.1 Å². The lowest BCUT2D eigenvalue weighted by molar-refractivity contribution is 0.214. The van der Waals surface area contributed by atoms with Crippen LogP contribution in [0.25, 0.3) is 0 Å². The van der Waals surface area contributed by atoms with E-state index in [2.05, 4.69) is 11.1 Å². The van der Waals surface area contributed by atoms with E-state index < -0.39 is 6.10 Å². The summed E-state index contributed by atoms with van der Waals surface area (Å²) in [6, 6.07) is 11.8. The number of aryl methyl sites for hydroxylation is 3. The van der Waals surface area contributed by atoms with Crippen molar-refractivity contribution in [2.45, 2.75) is 26.9 Å². The molecule has 0 aliphatic heterocycles. The maximum Gasteiger partial charge on any atom is 0.121 e. The second kappa shape index (κ2) is 4.68. The molecule has 17 heavy (non-hydrogen) atoms. The van der Waals surface area contributed by atoms with Gasteiger partial charge >= 0.3 is 0 Å². The first-order valence-corrected chi connectivity index (χ1v) is 5.76. The second-order valence-corrected chi connectivity index (χ2v) is 4.47. The Labute approximate surface area is 102 Å². The Balaban J connectivity index is 2.40. The van der Waals surface area contributed by atoms with Gasteiger partial charge in [0.25, 0.3) is 0 Å². The van der Waals surface area contributed by atoms with Crippen molar-refractivity contribution >= 4 is 0 Å². The maximum atomic E-state index is 10.3. The van der Waals surface area contributed by atoms with Crippen LogP contribution in [0.5, 0.6) is 0 Å². The molecule has 2 heteroatoms. The van der Waals surface area contributed by atoms with Crippen molar-refractivity contribution in [3.8, 4) is 0 Å². The minimum absolute atomic E-state index is 0.643. The average Bonchev–Trinajstić information content (AvgIpc) is 2.28. The van der Waals surface area contributed by atoms with Gasteiger partial charge in [-0.25, -0.2) is 0 Å². The van der Waals surface area contributed by atoms with E-state index in [4.69, 9.17) is 0 Å². The number of nitrogens with zero attached hydrogens (tertiary/aromatic N) is 1. The fraction of sp³-hybridized carbons (Fsp3) is 0.267. The van der Waals surface area contributed by atoms with Crippen LogP contribution in [-0.2, 0) is 0 Å². The predicted octanol–water partition coefficient (Wildman–Crippen LogP) is 3.09. The maximum absolute atomic E-state index is 10.3. The van der Waals surface area contributed by atoms with E-state index in [9.17, 15) is 5.11 Å². The molecule has 0 bridgehead atoms. The van der Waals surface area contributed by atoms with Gasteiger partial charge in [0.15, 0.2) is 0 Å². The molecule has 1 N–H and O–H groups in total. The van der Waals surface area contributed by atoms with Gasteiger partial charge in [-0.15, -0.1) is 0 Å². The molecule has 88 valence electrons. The normalized spacial score (nSPS) is 12.5. The van der Waals surface area contributed by atoms with Crippen LogP contribution in [0, 0.1) is 20.8 Å². The molecule has 2 nitrogen and oxygen atoms in total. The number of rotatable bonds is 2. The third kappa shape index (κ3) is 2.53. The highest BCUT2D eigenvalue weighted by Gasteiger charge is 2.13. The molecule has 1 aromatic carbocycles. The summed E-state index contributed by atoms with van der Waals surface area (Å²) in [4.78, 5) is 4.36. The zero-order valence-electron chi connectivity index (χ0n) is 10.4. The number of hydrogen-bond donors (Lipinski definition) is 1. The van der Waals surface area contributed by atoms with Crippen molar-refractivity contribution in [3.05, 3.63) is 64.5 Å². The monoisotopic (exact) mass is 227 g/mol. The van der Waals surface area contributed by atoms with Gasteiger partial charge < -0.3 is 5.11 Å². The van der Waals surface area contributed by atoms with Crippen molar-refractivity contribution in [2.24, 2.45) is 0 Å². The van der Waals surface area contributed by atoms with Crippen LogP contribution in [0.15, 0.2) is 36.4 Å². The molecule has 0 aliphatic carbocycles. The van der Waals surface area contributed by atoms with Crippen LogP contribution in [-0.4, -0.2) is 10.1 Å². The van der Waals surface area contributed by atoms with E-state index in [0.29, 0.717) is 5.69 Å². The van der Waals surface area contributed by atoms with Gasteiger partial charge in [0, 0.05) is 5.69 Å². The quantitative estimate of drug-likeness (QED) is 0.855. The summed E-state index contributed by atoms with van der Waals surface area (Å²) in [6.07, 6.45) is -0.643. The molecule has 2 rings (SSSR count). The van der Waals surface area contributed by atoms with Crippen molar-refractivity contribution < 1.29 is 5.11 Å². The SMILES string of the molecule is Cc1ccc(C(O)c2cccc(C)n2)c(C)c1. The molecule has 0 saturated heterocycles. The van der Waals surface area contributed by atoms with Gasteiger partial charge in [0.1, 0.15) is 6.10 Å². The van der Waals surface area contributed by atoms with Crippen LogP contribution < -0.4 is 0 Å². The van der Waals surface area contributed by atoms with E-state index >= 15 is 0 Å². The predicted molar refractivity (Wildman–Crippen MR) is 69.0 cm³/mol. The van der Waals surface area contributed by atoms with Crippen LogP contribution >= 0.6 is 0 Å². The molecule has 1 heterocycles. The van der Waals surface area contributed by atoms with E-state index in [1.54, 1.807) is 0 Å². The van der Waals surface area contributed by atoms with Crippen LogP contribution in [0.4, 0.5) is 0 Å². The topological polar surface area (TPSA) is 33.1 Å². The lowest BCUT2D eigenvalue weighted by atomic mass is 9.99. The second-order valence-electron chi connectivity index (χ2n) is 4.47. The zero-order valence-corrected chi connectivity index (χ0v) is 10.4. The van der Waals surface area contributed by atoms with Gasteiger partial charge in [0.05, 0.1) is 5.69 Å². The Hall–Kier alpha value is -1.67. The van der Waals surface area contributed by atoms with Gasteiger partial charge in [0.2, 0.25) is 0 Å². The Morgan fingerprint density at radius 3 is 2.47 bits per heavy atom. The summed E-state index contributed by atoms with van der Waals surface area (Å²) in [5, 5.41) is 10.3. The Morgan fingerprint density at radius 1 is 1.06 bits per heavy atom. The highest BCUT2D eigenvalue weighted by molar-refractivity contribution is 5.35. The smallest absolute Gasteiger partial charge is 0.121 e. The molecule has 1 atom stereocenters. The van der Waals surface area contributed by atoms with Crippen LogP contribution in [0.3, 0.4) is 0 Å². The number of aliphatic hydroxyl groups is 1. The average molecular weight is 227 g/mol. The molecule has 0 saturated carbocycles. The number of benzene rings is 1. The fourth-order valence-corrected chi connectivity index (χ4v) is 2.01. The van der Waals surface area contributed by atoms with E-state index in [-0.39, 0.29) is 0 Å². The van der Waals surface area contributed by atoms with Crippen molar-refractivity contribution in [3.63, 3.8) is 0 Å². The number of aliphatic hydroxyl groups excluding tert-OH is 1. The first kappa shape index (κ1) is 11.8. The molecule has 1 unspecified atom stereocenters. The lowest BCUT2D eigenvalue weighted by Gasteiger charge is -2.14. The largest absolute Gasteiger partial charge is 0.382 e. The Morgan fingerprint density at radius 2 is 1.82 bits per heavy atom. The highest BCUT2D eigenvalue weighted by atomic mass is 16.3. The minimum atomic E-state index is -0.643. The van der Waals surface area contributed by atoms with Gasteiger partial charge in [-0.05, 0) is 44.0 Å². The van der Waals surface area contributed by atoms with Crippen molar-refractivity contribution in [2.75, 3.05) is 0 Å². The first-order chi connectivity index (χ1) is 8.08. The highest BCUT2D eigenvalue weighted by Crippen LogP contribution is 2.24. The molecule has 1 aromatic heterocycles. The lowest BCUT2D eigenvalue weighted by Crippen LogP contribution is -2.05. The number of pyridine rings is 1. The van der Waals surface area contributed by atoms with Gasteiger partial charge in [-0.1, -0.05) is 29.8 Å². The summed E-state index contributed by atoms with van der Waals surface area (Å²) in [5.74, 6) is 0. The summed E-state index contributed by atoms with van der Waals surface area (Å²) in [5.41, 5.74) is 4.86. The molecule has 0 spiro atoms. The van der Waals surface area contributed by atoms with Gasteiger partial charge in [-0.2, -0.15) is 0 Å². The molecule has 2 aromatic rings. The van der Waals surface area contributed by atoms with E-state index in [0.717, 1.165) is 16.8 Å². The van der Waals surface area contributed by atoms with Crippen molar-refractivity contribution in [1.82, 2.24) is 4.98 Å². The molecule has 0 amide bonds.